The van der Waals surface area contributed by atoms with E-state index in [2.05, 4.69) is 41.0 Å². The summed E-state index contributed by atoms with van der Waals surface area (Å²) in [5.74, 6) is 0.247. The zero-order valence-electron chi connectivity index (χ0n) is 17.1. The number of hydrogen-bond donors (Lipinski definition) is 1. The van der Waals surface area contributed by atoms with Gasteiger partial charge in [-0.1, -0.05) is 56.0 Å². The standard InChI is InChI=1S/C21H27N5OS2/c1-4-11-26(12-5-2)21-25-19-18(29-21)20(23-14-22-19)28-13-17(27)24-16-9-7-15(6-3)8-10-16/h7-10,14H,4-6,11-13H2,1-3H3,(H,24,27). The van der Waals surface area contributed by atoms with Gasteiger partial charge < -0.3 is 10.2 Å². The van der Waals surface area contributed by atoms with Crippen molar-refractivity contribution < 1.29 is 4.79 Å². The molecule has 0 atom stereocenters. The quantitative estimate of drug-likeness (QED) is 0.361. The minimum Gasteiger partial charge on any atom is -0.348 e. The van der Waals surface area contributed by atoms with E-state index in [0.717, 1.165) is 52.9 Å². The van der Waals surface area contributed by atoms with Gasteiger partial charge in [0.05, 0.1) is 5.75 Å². The van der Waals surface area contributed by atoms with Crippen LogP contribution < -0.4 is 10.2 Å². The molecule has 8 heteroatoms. The summed E-state index contributed by atoms with van der Waals surface area (Å²) in [5.41, 5.74) is 2.77. The Morgan fingerprint density at radius 3 is 2.48 bits per heavy atom. The average molecular weight is 430 g/mol. The number of carbonyl (C=O) groups excluding carboxylic acids is 1. The Hall–Kier alpha value is -2.19. The molecule has 0 spiro atoms. The van der Waals surface area contributed by atoms with E-state index in [0.29, 0.717) is 11.4 Å². The molecule has 0 saturated carbocycles. The second-order valence-corrected chi connectivity index (χ2v) is 8.64. The third-order valence-electron chi connectivity index (χ3n) is 4.39. The first kappa shape index (κ1) is 21.5. The lowest BCUT2D eigenvalue weighted by Crippen LogP contribution is -2.24. The fourth-order valence-corrected chi connectivity index (χ4v) is 4.90. The van der Waals surface area contributed by atoms with Crippen molar-refractivity contribution in [1.29, 1.82) is 0 Å². The van der Waals surface area contributed by atoms with Crippen LogP contribution >= 0.6 is 23.1 Å². The van der Waals surface area contributed by atoms with Gasteiger partial charge >= 0.3 is 0 Å². The summed E-state index contributed by atoms with van der Waals surface area (Å²) in [4.78, 5) is 28.1. The van der Waals surface area contributed by atoms with Gasteiger partial charge in [0.2, 0.25) is 5.91 Å². The number of hydrogen-bond acceptors (Lipinski definition) is 7. The van der Waals surface area contributed by atoms with Crippen LogP contribution in [-0.2, 0) is 11.2 Å². The molecule has 1 amide bonds. The van der Waals surface area contributed by atoms with Crippen molar-refractivity contribution in [2.24, 2.45) is 0 Å². The van der Waals surface area contributed by atoms with Gasteiger partial charge in [-0.25, -0.2) is 9.97 Å². The smallest absolute Gasteiger partial charge is 0.234 e. The van der Waals surface area contributed by atoms with Crippen LogP contribution in [0.15, 0.2) is 35.6 Å². The van der Waals surface area contributed by atoms with Gasteiger partial charge in [0, 0.05) is 18.8 Å². The second kappa shape index (κ2) is 10.5. The van der Waals surface area contributed by atoms with Crippen molar-refractivity contribution in [3.63, 3.8) is 0 Å². The van der Waals surface area contributed by atoms with Gasteiger partial charge in [-0.3, -0.25) is 4.79 Å². The third kappa shape index (κ3) is 5.67. The van der Waals surface area contributed by atoms with Crippen molar-refractivity contribution in [2.45, 2.75) is 45.1 Å². The number of fused-ring (bicyclic) bond motifs is 1. The average Bonchev–Trinajstić information content (AvgIpc) is 3.17. The number of nitrogens with one attached hydrogen (secondary N) is 1. The molecule has 0 aliphatic heterocycles. The van der Waals surface area contributed by atoms with Crippen LogP contribution in [0.3, 0.4) is 0 Å². The van der Waals surface area contributed by atoms with Crippen LogP contribution in [0.4, 0.5) is 10.8 Å². The lowest BCUT2D eigenvalue weighted by molar-refractivity contribution is -0.113. The predicted molar refractivity (Wildman–Crippen MR) is 123 cm³/mol. The van der Waals surface area contributed by atoms with E-state index in [1.165, 1.54) is 23.7 Å². The molecular formula is C21H27N5OS2. The Morgan fingerprint density at radius 1 is 1.10 bits per heavy atom. The first-order valence-electron chi connectivity index (χ1n) is 10.0. The van der Waals surface area contributed by atoms with E-state index in [-0.39, 0.29) is 5.91 Å². The molecule has 2 heterocycles. The first-order valence-corrected chi connectivity index (χ1v) is 11.8. The molecule has 1 aromatic carbocycles. The predicted octanol–water partition coefficient (Wildman–Crippen LogP) is 5.01. The molecule has 0 unspecified atom stereocenters. The fourth-order valence-electron chi connectivity index (χ4n) is 2.96. The molecule has 0 aliphatic rings. The number of thioether (sulfide) groups is 1. The number of amides is 1. The van der Waals surface area contributed by atoms with E-state index in [4.69, 9.17) is 4.98 Å². The molecule has 1 N–H and O–H groups in total. The number of carbonyl (C=O) groups is 1. The highest BCUT2D eigenvalue weighted by Gasteiger charge is 2.16. The zero-order chi connectivity index (χ0) is 20.6. The minimum atomic E-state index is -0.0469. The molecule has 2 aromatic heterocycles. The van der Waals surface area contributed by atoms with E-state index in [1.54, 1.807) is 11.3 Å². The van der Waals surface area contributed by atoms with Crippen LogP contribution in [0, 0.1) is 0 Å². The van der Waals surface area contributed by atoms with E-state index < -0.39 is 0 Å². The summed E-state index contributed by atoms with van der Waals surface area (Å²) in [7, 11) is 0. The van der Waals surface area contributed by atoms with Crippen LogP contribution in [0.2, 0.25) is 0 Å². The van der Waals surface area contributed by atoms with E-state index in [9.17, 15) is 4.79 Å². The SMILES string of the molecule is CCCN(CCC)c1nc2ncnc(SCC(=O)Nc3ccc(CC)cc3)c2s1. The first-order chi connectivity index (χ1) is 14.1. The highest BCUT2D eigenvalue weighted by Crippen LogP contribution is 2.33. The molecule has 0 bridgehead atoms. The Bertz CT molecular complexity index is 936. The van der Waals surface area contributed by atoms with Gasteiger partial charge in [-0.2, -0.15) is 4.98 Å². The van der Waals surface area contributed by atoms with Crippen molar-refractivity contribution >= 4 is 50.2 Å². The van der Waals surface area contributed by atoms with Crippen molar-refractivity contribution in [3.8, 4) is 0 Å². The summed E-state index contributed by atoms with van der Waals surface area (Å²) in [6.45, 7) is 8.41. The molecule has 0 saturated heterocycles. The Labute approximate surface area is 180 Å². The molecule has 154 valence electrons. The number of aryl methyl sites for hydroxylation is 1. The third-order valence-corrected chi connectivity index (χ3v) is 6.62. The second-order valence-electron chi connectivity index (χ2n) is 6.70. The fraction of sp³-hybridized carbons (Fsp3) is 0.429. The molecule has 0 fully saturated rings. The molecule has 0 aliphatic carbocycles. The number of nitrogens with zero attached hydrogens (tertiary/aromatic N) is 4. The van der Waals surface area contributed by atoms with E-state index >= 15 is 0 Å². The topological polar surface area (TPSA) is 71.0 Å². The Kier molecular flexibility index (Phi) is 7.83. The van der Waals surface area contributed by atoms with Gasteiger partial charge in [-0.15, -0.1) is 0 Å². The number of rotatable bonds is 10. The summed E-state index contributed by atoms with van der Waals surface area (Å²) in [6.07, 6.45) is 4.66. The lowest BCUT2D eigenvalue weighted by atomic mass is 10.1. The lowest BCUT2D eigenvalue weighted by Gasteiger charge is -2.19. The zero-order valence-corrected chi connectivity index (χ0v) is 18.8. The normalized spacial score (nSPS) is 11.0. The highest BCUT2D eigenvalue weighted by atomic mass is 32.2. The van der Waals surface area contributed by atoms with Gasteiger partial charge in [-0.05, 0) is 37.0 Å². The number of thiazole rings is 1. The number of anilines is 2. The maximum absolute atomic E-state index is 12.4. The molecule has 3 rings (SSSR count). The monoisotopic (exact) mass is 429 g/mol. The summed E-state index contributed by atoms with van der Waals surface area (Å²) in [6, 6.07) is 7.95. The molecule has 0 radical (unpaired) electrons. The van der Waals surface area contributed by atoms with Crippen LogP contribution in [0.5, 0.6) is 0 Å². The molecule has 3 aromatic rings. The highest BCUT2D eigenvalue weighted by molar-refractivity contribution is 8.00. The Balaban J connectivity index is 1.68. The number of benzene rings is 1. The van der Waals surface area contributed by atoms with E-state index in [1.807, 2.05) is 24.3 Å². The minimum absolute atomic E-state index is 0.0469. The van der Waals surface area contributed by atoms with Gasteiger partial charge in [0.1, 0.15) is 16.1 Å². The molecule has 29 heavy (non-hydrogen) atoms. The maximum atomic E-state index is 12.4. The van der Waals surface area contributed by atoms with Crippen molar-refractivity contribution in [3.05, 3.63) is 36.2 Å². The molecule has 6 nitrogen and oxygen atoms in total. The van der Waals surface area contributed by atoms with Crippen molar-refractivity contribution in [2.75, 3.05) is 29.1 Å². The Morgan fingerprint density at radius 2 is 1.83 bits per heavy atom. The van der Waals surface area contributed by atoms with Crippen LogP contribution in [-0.4, -0.2) is 39.7 Å². The summed E-state index contributed by atoms with van der Waals surface area (Å²) >= 11 is 3.03. The largest absolute Gasteiger partial charge is 0.348 e. The van der Waals surface area contributed by atoms with Gasteiger partial charge in [0.25, 0.3) is 0 Å². The molecular weight excluding hydrogens is 402 g/mol. The van der Waals surface area contributed by atoms with Crippen LogP contribution in [0.25, 0.3) is 10.3 Å². The van der Waals surface area contributed by atoms with Crippen LogP contribution in [0.1, 0.15) is 39.2 Å². The summed E-state index contributed by atoms with van der Waals surface area (Å²) < 4.78 is 0.949. The van der Waals surface area contributed by atoms with Crippen molar-refractivity contribution in [1.82, 2.24) is 15.0 Å². The number of aromatic nitrogens is 3. The van der Waals surface area contributed by atoms with Gasteiger partial charge in [0.15, 0.2) is 10.8 Å². The maximum Gasteiger partial charge on any atom is 0.234 e. The summed E-state index contributed by atoms with van der Waals surface area (Å²) in [5, 5.41) is 4.73.